The van der Waals surface area contributed by atoms with E-state index in [-0.39, 0.29) is 0 Å². The lowest BCUT2D eigenvalue weighted by molar-refractivity contribution is 0.907. The Morgan fingerprint density at radius 1 is 1.24 bits per heavy atom. The third kappa shape index (κ3) is 2.70. The van der Waals surface area contributed by atoms with Gasteiger partial charge in [0.25, 0.3) is 0 Å². The van der Waals surface area contributed by atoms with Gasteiger partial charge >= 0.3 is 0 Å². The Bertz CT molecular complexity index is 811. The predicted octanol–water partition coefficient (Wildman–Crippen LogP) is 5.53. The lowest BCUT2D eigenvalue weighted by atomic mass is 10.2. The van der Waals surface area contributed by atoms with Gasteiger partial charge in [0.1, 0.15) is 5.82 Å². The van der Waals surface area contributed by atoms with Crippen LogP contribution in [0.3, 0.4) is 0 Å². The Labute approximate surface area is 141 Å². The first-order chi connectivity index (χ1) is 10.1. The maximum absolute atomic E-state index is 6.27. The summed E-state index contributed by atoms with van der Waals surface area (Å²) in [5.74, 6) is 1.48. The van der Waals surface area contributed by atoms with Crippen LogP contribution >= 0.6 is 39.1 Å². The van der Waals surface area contributed by atoms with Crippen LogP contribution < -0.4 is 0 Å². The molecule has 5 heteroatoms. The zero-order valence-corrected chi connectivity index (χ0v) is 14.5. The van der Waals surface area contributed by atoms with Gasteiger partial charge in [-0.15, -0.1) is 11.6 Å². The first-order valence-corrected chi connectivity index (χ1v) is 8.30. The Morgan fingerprint density at radius 2 is 2.05 bits per heavy atom. The molecule has 0 saturated heterocycles. The smallest absolute Gasteiger partial charge is 0.115 e. The van der Waals surface area contributed by atoms with E-state index < -0.39 is 0 Å². The third-order valence-corrected chi connectivity index (χ3v) is 4.58. The molecule has 0 radical (unpaired) electrons. The average molecular weight is 384 g/mol. The second-order valence-electron chi connectivity index (χ2n) is 4.82. The molecule has 108 valence electrons. The molecule has 21 heavy (non-hydrogen) atoms. The van der Waals surface area contributed by atoms with Crippen LogP contribution in [0.4, 0.5) is 0 Å². The van der Waals surface area contributed by atoms with Crippen molar-refractivity contribution in [2.75, 3.05) is 5.88 Å². The van der Waals surface area contributed by atoms with Gasteiger partial charge in [-0.25, -0.2) is 4.98 Å². The SMILES string of the molecule is Cc1c(Cl)cccc1-n1c(CCCl)nc2cc(Br)ccc21. The summed E-state index contributed by atoms with van der Waals surface area (Å²) in [6, 6.07) is 12.0. The molecular formula is C16H13BrCl2N2. The van der Waals surface area contributed by atoms with Crippen molar-refractivity contribution in [2.45, 2.75) is 13.3 Å². The highest BCUT2D eigenvalue weighted by Crippen LogP contribution is 2.29. The van der Waals surface area contributed by atoms with Crippen LogP contribution in [0.25, 0.3) is 16.7 Å². The summed E-state index contributed by atoms with van der Waals surface area (Å²) < 4.78 is 3.16. The van der Waals surface area contributed by atoms with Gasteiger partial charge in [0, 0.05) is 21.8 Å². The first-order valence-electron chi connectivity index (χ1n) is 6.60. The van der Waals surface area contributed by atoms with E-state index in [4.69, 9.17) is 28.2 Å². The molecule has 0 aliphatic carbocycles. The Morgan fingerprint density at radius 3 is 2.81 bits per heavy atom. The summed E-state index contributed by atoms with van der Waals surface area (Å²) in [5, 5.41) is 0.753. The quantitative estimate of drug-likeness (QED) is 0.543. The lowest BCUT2D eigenvalue weighted by Gasteiger charge is -2.12. The normalized spacial score (nSPS) is 11.2. The van der Waals surface area contributed by atoms with Crippen molar-refractivity contribution in [3.8, 4) is 5.69 Å². The zero-order chi connectivity index (χ0) is 15.0. The number of hydrogen-bond donors (Lipinski definition) is 0. The molecule has 3 rings (SSSR count). The number of imidazole rings is 1. The van der Waals surface area contributed by atoms with Gasteiger partial charge in [-0.2, -0.15) is 0 Å². The number of halogens is 3. The van der Waals surface area contributed by atoms with Crippen molar-refractivity contribution in [1.82, 2.24) is 9.55 Å². The number of alkyl halides is 1. The van der Waals surface area contributed by atoms with Gasteiger partial charge in [0.2, 0.25) is 0 Å². The minimum Gasteiger partial charge on any atom is -0.296 e. The Kier molecular flexibility index (Phi) is 4.25. The van der Waals surface area contributed by atoms with E-state index in [9.17, 15) is 0 Å². The van der Waals surface area contributed by atoms with E-state index in [1.165, 1.54) is 0 Å². The van der Waals surface area contributed by atoms with Crippen molar-refractivity contribution < 1.29 is 0 Å². The highest BCUT2D eigenvalue weighted by atomic mass is 79.9. The van der Waals surface area contributed by atoms with Crippen molar-refractivity contribution in [3.05, 3.63) is 57.3 Å². The number of fused-ring (bicyclic) bond motifs is 1. The molecule has 0 spiro atoms. The molecule has 1 aromatic heterocycles. The second kappa shape index (κ2) is 5.99. The van der Waals surface area contributed by atoms with Crippen LogP contribution in [-0.4, -0.2) is 15.4 Å². The van der Waals surface area contributed by atoms with E-state index in [1.807, 2.05) is 31.2 Å². The molecule has 0 amide bonds. The van der Waals surface area contributed by atoms with Crippen molar-refractivity contribution in [2.24, 2.45) is 0 Å². The Balaban J connectivity index is 2.33. The highest BCUT2D eigenvalue weighted by molar-refractivity contribution is 9.10. The fraction of sp³-hybridized carbons (Fsp3) is 0.188. The summed E-state index contributed by atoms with van der Waals surface area (Å²) in [6.07, 6.45) is 0.708. The van der Waals surface area contributed by atoms with Gasteiger partial charge in [-0.3, -0.25) is 4.57 Å². The van der Waals surface area contributed by atoms with Gasteiger partial charge < -0.3 is 0 Å². The lowest BCUT2D eigenvalue weighted by Crippen LogP contribution is -2.04. The number of aryl methyl sites for hydroxylation is 1. The number of aromatic nitrogens is 2. The molecule has 0 fully saturated rings. The van der Waals surface area contributed by atoms with E-state index >= 15 is 0 Å². The topological polar surface area (TPSA) is 17.8 Å². The van der Waals surface area contributed by atoms with Gasteiger partial charge in [0.05, 0.1) is 16.7 Å². The average Bonchev–Trinajstić information content (AvgIpc) is 2.79. The summed E-state index contributed by atoms with van der Waals surface area (Å²) in [4.78, 5) is 4.72. The third-order valence-electron chi connectivity index (χ3n) is 3.48. The van der Waals surface area contributed by atoms with Gasteiger partial charge in [0.15, 0.2) is 0 Å². The van der Waals surface area contributed by atoms with Gasteiger partial charge in [-0.1, -0.05) is 33.6 Å². The number of hydrogen-bond acceptors (Lipinski definition) is 1. The minimum absolute atomic E-state index is 0.532. The van der Waals surface area contributed by atoms with E-state index in [1.54, 1.807) is 0 Å². The molecule has 0 aliphatic rings. The summed E-state index contributed by atoms with van der Waals surface area (Å²) in [6.45, 7) is 2.02. The number of rotatable bonds is 3. The molecule has 2 aromatic carbocycles. The van der Waals surface area contributed by atoms with Gasteiger partial charge in [-0.05, 0) is 42.8 Å². The first kappa shape index (κ1) is 14.9. The van der Waals surface area contributed by atoms with Crippen molar-refractivity contribution in [1.29, 1.82) is 0 Å². The Hall–Kier alpha value is -1.03. The van der Waals surface area contributed by atoms with Crippen LogP contribution in [-0.2, 0) is 6.42 Å². The molecule has 1 heterocycles. The number of benzene rings is 2. The highest BCUT2D eigenvalue weighted by Gasteiger charge is 2.14. The van der Waals surface area contributed by atoms with Crippen LogP contribution in [0.1, 0.15) is 11.4 Å². The monoisotopic (exact) mass is 382 g/mol. The summed E-state index contributed by atoms with van der Waals surface area (Å²) in [5.41, 5.74) is 4.09. The van der Waals surface area contributed by atoms with Crippen molar-refractivity contribution in [3.63, 3.8) is 0 Å². The largest absolute Gasteiger partial charge is 0.296 e. The molecule has 0 saturated carbocycles. The molecule has 0 atom stereocenters. The summed E-state index contributed by atoms with van der Waals surface area (Å²) >= 11 is 15.7. The van der Waals surface area contributed by atoms with Crippen LogP contribution in [0.5, 0.6) is 0 Å². The van der Waals surface area contributed by atoms with E-state index in [2.05, 4.69) is 32.6 Å². The van der Waals surface area contributed by atoms with Crippen LogP contribution in [0.15, 0.2) is 40.9 Å². The molecule has 3 aromatic rings. The summed E-state index contributed by atoms with van der Waals surface area (Å²) in [7, 11) is 0. The maximum atomic E-state index is 6.27. The number of nitrogens with zero attached hydrogens (tertiary/aromatic N) is 2. The molecule has 0 aliphatic heterocycles. The zero-order valence-electron chi connectivity index (χ0n) is 11.4. The molecule has 0 bridgehead atoms. The predicted molar refractivity (Wildman–Crippen MR) is 92.9 cm³/mol. The van der Waals surface area contributed by atoms with Crippen LogP contribution in [0, 0.1) is 6.92 Å². The van der Waals surface area contributed by atoms with Crippen LogP contribution in [0.2, 0.25) is 5.02 Å². The van der Waals surface area contributed by atoms with E-state index in [0.29, 0.717) is 12.3 Å². The minimum atomic E-state index is 0.532. The molecular weight excluding hydrogens is 371 g/mol. The standard InChI is InChI=1S/C16H13BrCl2N2/c1-10-12(19)3-2-4-14(10)21-15-6-5-11(17)9-13(15)20-16(21)7-8-18/h2-6,9H,7-8H2,1H3. The maximum Gasteiger partial charge on any atom is 0.115 e. The second-order valence-corrected chi connectivity index (χ2v) is 6.52. The molecule has 2 nitrogen and oxygen atoms in total. The van der Waals surface area contributed by atoms with E-state index in [0.717, 1.165) is 37.6 Å². The van der Waals surface area contributed by atoms with Crippen molar-refractivity contribution >= 4 is 50.2 Å². The molecule has 0 N–H and O–H groups in total. The molecule has 0 unspecified atom stereocenters. The fourth-order valence-corrected chi connectivity index (χ4v) is 3.15. The fourth-order valence-electron chi connectivity index (χ4n) is 2.46.